The number of ether oxygens (including phenoxy) is 1. The fourth-order valence-electron chi connectivity index (χ4n) is 5.17. The average molecular weight is 510 g/mol. The molecule has 0 radical (unpaired) electrons. The van der Waals surface area contributed by atoms with E-state index in [-0.39, 0.29) is 18.9 Å². The summed E-state index contributed by atoms with van der Waals surface area (Å²) in [5.41, 5.74) is 3.52. The second-order valence-corrected chi connectivity index (χ2v) is 9.79. The number of para-hydroxylation sites is 1. The first kappa shape index (κ1) is 25.4. The minimum absolute atomic E-state index is 0.00798. The average Bonchev–Trinajstić information content (AvgIpc) is 3.43. The Morgan fingerprint density at radius 1 is 0.895 bits per heavy atom. The molecule has 38 heavy (non-hydrogen) atoms. The number of carbonyl (C=O) groups is 3. The van der Waals surface area contributed by atoms with E-state index in [9.17, 15) is 14.4 Å². The van der Waals surface area contributed by atoms with E-state index in [1.165, 1.54) is 4.90 Å². The normalized spacial score (nSPS) is 17.4. The zero-order valence-corrected chi connectivity index (χ0v) is 21.2. The van der Waals surface area contributed by atoms with Gasteiger partial charge in [-0.15, -0.1) is 0 Å². The van der Waals surface area contributed by atoms with Gasteiger partial charge in [0.2, 0.25) is 6.17 Å². The molecule has 0 saturated heterocycles. The van der Waals surface area contributed by atoms with Crippen LogP contribution in [0.2, 0.25) is 0 Å². The van der Waals surface area contributed by atoms with Gasteiger partial charge in [-0.3, -0.25) is 14.9 Å². The summed E-state index contributed by atoms with van der Waals surface area (Å²) in [6, 6.07) is 26.2. The van der Waals surface area contributed by atoms with Gasteiger partial charge in [-0.2, -0.15) is 0 Å². The number of nitrogens with zero attached hydrogens (tertiary/aromatic N) is 2. The molecular formula is C31H31N3O4. The maximum absolute atomic E-state index is 13.9. The minimum Gasteiger partial charge on any atom is -0.445 e. The molecular weight excluding hydrogens is 478 g/mol. The van der Waals surface area contributed by atoms with Gasteiger partial charge in [-0.05, 0) is 17.5 Å². The monoisotopic (exact) mass is 509 g/mol. The number of hydrogen-bond donors (Lipinski definition) is 1. The molecule has 1 N–H and O–H groups in total. The van der Waals surface area contributed by atoms with E-state index in [1.54, 1.807) is 0 Å². The second kappa shape index (κ2) is 11.9. The van der Waals surface area contributed by atoms with Gasteiger partial charge in [-0.25, -0.2) is 9.79 Å². The van der Waals surface area contributed by atoms with Crippen molar-refractivity contribution in [3.63, 3.8) is 0 Å². The van der Waals surface area contributed by atoms with E-state index in [0.717, 1.165) is 42.4 Å². The Labute approximate surface area is 222 Å². The van der Waals surface area contributed by atoms with Crippen molar-refractivity contribution in [1.82, 2.24) is 5.32 Å². The van der Waals surface area contributed by atoms with E-state index in [0.29, 0.717) is 23.7 Å². The molecule has 3 aromatic carbocycles. The number of alkyl carbamates (subject to hydrolysis) is 1. The van der Waals surface area contributed by atoms with Crippen LogP contribution in [0.4, 0.5) is 10.5 Å². The summed E-state index contributed by atoms with van der Waals surface area (Å²) in [7, 11) is 0. The number of fused-ring (bicyclic) bond motifs is 1. The Morgan fingerprint density at radius 2 is 1.55 bits per heavy atom. The van der Waals surface area contributed by atoms with Crippen molar-refractivity contribution in [2.24, 2.45) is 10.9 Å². The molecule has 1 fully saturated rings. The number of benzodiazepines with no additional fused rings is 1. The van der Waals surface area contributed by atoms with Gasteiger partial charge >= 0.3 is 6.09 Å². The SMILES string of the molecule is O=C(CC1CCCC1)CN1C(=O)C(NC(=O)OCc2ccccc2)N=C(c2ccccc2)c2ccccc21. The largest absolute Gasteiger partial charge is 0.445 e. The Bertz CT molecular complexity index is 1320. The number of nitrogens with one attached hydrogen (secondary N) is 1. The van der Waals surface area contributed by atoms with Crippen molar-refractivity contribution in [3.05, 3.63) is 102 Å². The lowest BCUT2D eigenvalue weighted by molar-refractivity contribution is -0.124. The van der Waals surface area contributed by atoms with Crippen molar-refractivity contribution in [2.75, 3.05) is 11.4 Å². The molecule has 1 unspecified atom stereocenters. The Morgan fingerprint density at radius 3 is 2.29 bits per heavy atom. The molecule has 1 aliphatic carbocycles. The van der Waals surface area contributed by atoms with Gasteiger partial charge in [0.15, 0.2) is 5.78 Å². The highest BCUT2D eigenvalue weighted by atomic mass is 16.5. The molecule has 3 aromatic rings. The van der Waals surface area contributed by atoms with E-state index >= 15 is 0 Å². The topological polar surface area (TPSA) is 88.1 Å². The zero-order valence-electron chi connectivity index (χ0n) is 21.2. The van der Waals surface area contributed by atoms with Crippen LogP contribution in [-0.4, -0.2) is 36.2 Å². The molecule has 0 spiro atoms. The molecule has 2 aliphatic rings. The Balaban J connectivity index is 1.44. The third-order valence-corrected chi connectivity index (χ3v) is 7.05. The molecule has 1 atom stereocenters. The zero-order chi connectivity index (χ0) is 26.3. The highest BCUT2D eigenvalue weighted by Crippen LogP contribution is 2.30. The van der Waals surface area contributed by atoms with E-state index < -0.39 is 18.2 Å². The maximum atomic E-state index is 13.9. The number of aliphatic imine (C=N–C) groups is 1. The summed E-state index contributed by atoms with van der Waals surface area (Å²) >= 11 is 0. The summed E-state index contributed by atoms with van der Waals surface area (Å²) in [6.07, 6.45) is 2.84. The number of benzene rings is 3. The van der Waals surface area contributed by atoms with Gasteiger partial charge in [0.1, 0.15) is 6.61 Å². The van der Waals surface area contributed by atoms with Crippen LogP contribution in [0.25, 0.3) is 0 Å². The quantitative estimate of drug-likeness (QED) is 0.448. The summed E-state index contributed by atoms with van der Waals surface area (Å²) in [4.78, 5) is 46.0. The van der Waals surface area contributed by atoms with Gasteiger partial charge < -0.3 is 9.64 Å². The van der Waals surface area contributed by atoms with Gasteiger partial charge in [0, 0.05) is 17.5 Å². The van der Waals surface area contributed by atoms with Crippen molar-refractivity contribution in [1.29, 1.82) is 0 Å². The highest BCUT2D eigenvalue weighted by molar-refractivity contribution is 6.20. The summed E-state index contributed by atoms with van der Waals surface area (Å²) in [6.45, 7) is -0.00612. The molecule has 1 aliphatic heterocycles. The lowest BCUT2D eigenvalue weighted by Crippen LogP contribution is -2.49. The molecule has 1 heterocycles. The molecule has 7 heteroatoms. The fourth-order valence-corrected chi connectivity index (χ4v) is 5.17. The van der Waals surface area contributed by atoms with E-state index in [1.807, 2.05) is 84.9 Å². The number of amides is 2. The standard InChI is InChI=1S/C31H31N3O4/c35-25(19-22-11-7-8-12-22)20-34-27-18-10-9-17-26(27)28(24-15-5-2-6-16-24)32-29(30(34)36)33-31(37)38-21-23-13-3-1-4-14-23/h1-6,9-10,13-18,22,29H,7-8,11-12,19-21H2,(H,33,37). The smallest absolute Gasteiger partial charge is 0.409 e. The number of anilines is 1. The van der Waals surface area contributed by atoms with Crippen LogP contribution in [0.1, 0.15) is 48.8 Å². The molecule has 2 amide bonds. The highest BCUT2D eigenvalue weighted by Gasteiger charge is 2.34. The van der Waals surface area contributed by atoms with Crippen LogP contribution in [0.5, 0.6) is 0 Å². The van der Waals surface area contributed by atoms with Crippen molar-refractivity contribution < 1.29 is 19.1 Å². The number of Topliss-reactive ketones (excluding diaryl/α,β-unsaturated/α-hetero) is 1. The first-order valence-corrected chi connectivity index (χ1v) is 13.1. The van der Waals surface area contributed by atoms with E-state index in [2.05, 4.69) is 5.32 Å². The lowest BCUT2D eigenvalue weighted by atomic mass is 9.99. The van der Waals surface area contributed by atoms with Crippen molar-refractivity contribution >= 4 is 29.2 Å². The summed E-state index contributed by atoms with van der Waals surface area (Å²) < 4.78 is 5.39. The van der Waals surface area contributed by atoms with Crippen LogP contribution < -0.4 is 10.2 Å². The third-order valence-electron chi connectivity index (χ3n) is 7.05. The number of rotatable bonds is 8. The molecule has 5 rings (SSSR count). The molecule has 1 saturated carbocycles. The minimum atomic E-state index is -1.25. The number of carbonyl (C=O) groups excluding carboxylic acids is 3. The number of hydrogen-bond acceptors (Lipinski definition) is 5. The van der Waals surface area contributed by atoms with Gasteiger partial charge in [0.25, 0.3) is 5.91 Å². The van der Waals surface area contributed by atoms with Crippen LogP contribution >= 0.6 is 0 Å². The van der Waals surface area contributed by atoms with Gasteiger partial charge in [-0.1, -0.05) is 105 Å². The maximum Gasteiger partial charge on any atom is 0.409 e. The van der Waals surface area contributed by atoms with Crippen molar-refractivity contribution in [3.8, 4) is 0 Å². The summed E-state index contributed by atoms with van der Waals surface area (Å²) in [5.74, 6) is -0.0914. The Hall–Kier alpha value is -4.26. The second-order valence-electron chi connectivity index (χ2n) is 9.79. The summed E-state index contributed by atoms with van der Waals surface area (Å²) in [5, 5.41) is 2.64. The first-order chi connectivity index (χ1) is 18.6. The number of ketones is 1. The van der Waals surface area contributed by atoms with Crippen LogP contribution in [0.3, 0.4) is 0 Å². The molecule has 7 nitrogen and oxygen atoms in total. The van der Waals surface area contributed by atoms with E-state index in [4.69, 9.17) is 9.73 Å². The first-order valence-electron chi connectivity index (χ1n) is 13.1. The predicted octanol–water partition coefficient (Wildman–Crippen LogP) is 5.27. The lowest BCUT2D eigenvalue weighted by Gasteiger charge is -2.25. The van der Waals surface area contributed by atoms with Crippen LogP contribution in [0.15, 0.2) is 89.9 Å². The fraction of sp³-hybridized carbons (Fsp3) is 0.290. The van der Waals surface area contributed by atoms with Crippen molar-refractivity contribution in [2.45, 2.75) is 44.9 Å². The molecule has 194 valence electrons. The third kappa shape index (κ3) is 5.99. The molecule has 0 bridgehead atoms. The van der Waals surface area contributed by atoms with Crippen LogP contribution in [-0.2, 0) is 20.9 Å². The van der Waals surface area contributed by atoms with Crippen LogP contribution in [0, 0.1) is 5.92 Å². The molecule has 0 aromatic heterocycles. The van der Waals surface area contributed by atoms with Gasteiger partial charge in [0.05, 0.1) is 17.9 Å². The predicted molar refractivity (Wildman–Crippen MR) is 146 cm³/mol. The Kier molecular flexibility index (Phi) is 7.92.